The molecule has 1 atom stereocenters. The molecule has 0 amide bonds. The van der Waals surface area contributed by atoms with E-state index in [1.54, 1.807) is 18.4 Å². The number of rotatable bonds is 8. The maximum absolute atomic E-state index is 5.96. The number of nitrogens with zero attached hydrogens (tertiary/aromatic N) is 1. The minimum Gasteiger partial charge on any atom is -0.497 e. The maximum atomic E-state index is 5.96. The molecule has 2 aromatic carbocycles. The Bertz CT molecular complexity index is 872. The molecule has 0 saturated heterocycles. The van der Waals surface area contributed by atoms with Crippen LogP contribution < -0.4 is 10.1 Å². The fraction of sp³-hybridized carbons (Fsp3) is 0.318. The highest BCUT2D eigenvalue weighted by molar-refractivity contribution is 7.09. The predicted molar refractivity (Wildman–Crippen MR) is 112 cm³/mol. The van der Waals surface area contributed by atoms with Gasteiger partial charge in [0.1, 0.15) is 5.75 Å². The van der Waals surface area contributed by atoms with Crippen molar-refractivity contribution in [2.75, 3.05) is 7.11 Å². The molecule has 0 radical (unpaired) electrons. The summed E-state index contributed by atoms with van der Waals surface area (Å²) in [6, 6.07) is 16.8. The Labute approximate surface area is 169 Å². The standard InChI is InChI=1S/C22H23ClN2OS/c1-26-20-10-6-17(7-11-20)22(16-4-5-16)24-13-19-14-27-21(25-19)12-15-2-8-18(23)9-3-15/h2-3,6-11,14,16,22,24H,4-5,12-13H2,1H3. The van der Waals surface area contributed by atoms with Gasteiger partial charge >= 0.3 is 0 Å². The molecule has 1 saturated carbocycles. The maximum Gasteiger partial charge on any atom is 0.118 e. The van der Waals surface area contributed by atoms with Crippen molar-refractivity contribution in [1.29, 1.82) is 0 Å². The molecule has 1 unspecified atom stereocenters. The summed E-state index contributed by atoms with van der Waals surface area (Å²) in [4.78, 5) is 4.80. The highest BCUT2D eigenvalue weighted by Crippen LogP contribution is 2.41. The zero-order valence-corrected chi connectivity index (χ0v) is 16.9. The van der Waals surface area contributed by atoms with Crippen molar-refractivity contribution < 1.29 is 4.74 Å². The molecule has 1 N–H and O–H groups in total. The average Bonchev–Trinajstić information content (AvgIpc) is 3.44. The third kappa shape index (κ3) is 4.89. The van der Waals surface area contributed by atoms with Gasteiger partial charge in [-0.2, -0.15) is 0 Å². The molecule has 1 aliphatic carbocycles. The lowest BCUT2D eigenvalue weighted by Gasteiger charge is -2.18. The second kappa shape index (κ2) is 8.42. The third-order valence-corrected chi connectivity index (χ3v) is 6.09. The molecule has 140 valence electrons. The van der Waals surface area contributed by atoms with Crippen molar-refractivity contribution in [3.05, 3.63) is 80.8 Å². The number of ether oxygens (including phenoxy) is 1. The normalized spacial score (nSPS) is 14.9. The first-order chi connectivity index (χ1) is 13.2. The lowest BCUT2D eigenvalue weighted by atomic mass is 10.0. The van der Waals surface area contributed by atoms with Gasteiger partial charge in [-0.3, -0.25) is 0 Å². The van der Waals surface area contributed by atoms with E-state index in [2.05, 4.69) is 35.0 Å². The zero-order chi connectivity index (χ0) is 18.6. The van der Waals surface area contributed by atoms with Gasteiger partial charge in [0.2, 0.25) is 0 Å². The van der Waals surface area contributed by atoms with Crippen LogP contribution in [0, 0.1) is 5.92 Å². The fourth-order valence-electron chi connectivity index (χ4n) is 3.30. The number of benzene rings is 2. The number of methoxy groups -OCH3 is 1. The van der Waals surface area contributed by atoms with Gasteiger partial charge in [0, 0.05) is 29.4 Å². The molecule has 5 heteroatoms. The van der Waals surface area contributed by atoms with Crippen molar-refractivity contribution in [3.63, 3.8) is 0 Å². The molecule has 3 aromatic rings. The van der Waals surface area contributed by atoms with Gasteiger partial charge in [-0.05, 0) is 54.2 Å². The van der Waals surface area contributed by atoms with E-state index in [4.69, 9.17) is 21.3 Å². The largest absolute Gasteiger partial charge is 0.497 e. The summed E-state index contributed by atoms with van der Waals surface area (Å²) in [6.07, 6.45) is 3.44. The van der Waals surface area contributed by atoms with Crippen LogP contribution in [0.4, 0.5) is 0 Å². The number of nitrogens with one attached hydrogen (secondary N) is 1. The topological polar surface area (TPSA) is 34.1 Å². The van der Waals surface area contributed by atoms with Crippen LogP contribution in [0.5, 0.6) is 5.75 Å². The zero-order valence-electron chi connectivity index (χ0n) is 15.3. The molecular weight excluding hydrogens is 376 g/mol. The summed E-state index contributed by atoms with van der Waals surface area (Å²) < 4.78 is 5.28. The van der Waals surface area contributed by atoms with E-state index in [1.807, 2.05) is 24.3 Å². The molecule has 1 aliphatic rings. The summed E-state index contributed by atoms with van der Waals surface area (Å²) in [5.74, 6) is 1.63. The van der Waals surface area contributed by atoms with E-state index in [9.17, 15) is 0 Å². The lowest BCUT2D eigenvalue weighted by Crippen LogP contribution is -2.22. The third-order valence-electron chi connectivity index (χ3n) is 4.94. The lowest BCUT2D eigenvalue weighted by molar-refractivity contribution is 0.413. The summed E-state index contributed by atoms with van der Waals surface area (Å²) in [7, 11) is 1.70. The summed E-state index contributed by atoms with van der Waals surface area (Å²) in [5.41, 5.74) is 3.68. The number of thiazole rings is 1. The molecule has 0 spiro atoms. The molecule has 1 fully saturated rings. The molecule has 0 aliphatic heterocycles. The first kappa shape index (κ1) is 18.5. The molecule has 4 rings (SSSR count). The first-order valence-electron chi connectivity index (χ1n) is 9.26. The fourth-order valence-corrected chi connectivity index (χ4v) is 4.25. The first-order valence-corrected chi connectivity index (χ1v) is 10.5. The highest BCUT2D eigenvalue weighted by atomic mass is 35.5. The van der Waals surface area contributed by atoms with Crippen LogP contribution in [-0.4, -0.2) is 12.1 Å². The highest BCUT2D eigenvalue weighted by Gasteiger charge is 2.32. The molecule has 0 bridgehead atoms. The Hall–Kier alpha value is -1.88. The monoisotopic (exact) mass is 398 g/mol. The Balaban J connectivity index is 1.38. The Morgan fingerprint density at radius 2 is 1.89 bits per heavy atom. The van der Waals surface area contributed by atoms with Crippen LogP contribution in [0.2, 0.25) is 5.02 Å². The second-order valence-corrected chi connectivity index (χ2v) is 8.38. The van der Waals surface area contributed by atoms with Crippen LogP contribution in [0.3, 0.4) is 0 Å². The van der Waals surface area contributed by atoms with Gasteiger partial charge < -0.3 is 10.1 Å². The van der Waals surface area contributed by atoms with Gasteiger partial charge in [-0.1, -0.05) is 35.9 Å². The van der Waals surface area contributed by atoms with Gasteiger partial charge in [0.25, 0.3) is 0 Å². The van der Waals surface area contributed by atoms with Gasteiger partial charge in [-0.15, -0.1) is 11.3 Å². The van der Waals surface area contributed by atoms with Crippen LogP contribution >= 0.6 is 22.9 Å². The predicted octanol–water partition coefficient (Wildman–Crippen LogP) is 5.64. The van der Waals surface area contributed by atoms with E-state index >= 15 is 0 Å². The van der Waals surface area contributed by atoms with E-state index in [0.717, 1.165) is 40.4 Å². The summed E-state index contributed by atoms with van der Waals surface area (Å²) >= 11 is 7.68. The molecule has 3 nitrogen and oxygen atoms in total. The van der Waals surface area contributed by atoms with Crippen molar-refractivity contribution in [1.82, 2.24) is 10.3 Å². The van der Waals surface area contributed by atoms with Gasteiger partial charge in [-0.25, -0.2) is 4.98 Å². The molecule has 27 heavy (non-hydrogen) atoms. The molecular formula is C22H23ClN2OS. The minimum atomic E-state index is 0.386. The van der Waals surface area contributed by atoms with Crippen molar-refractivity contribution in [2.45, 2.75) is 31.8 Å². The van der Waals surface area contributed by atoms with Gasteiger partial charge in [0.05, 0.1) is 17.8 Å². The minimum absolute atomic E-state index is 0.386. The molecule has 1 heterocycles. The summed E-state index contributed by atoms with van der Waals surface area (Å²) in [6.45, 7) is 0.796. The number of aromatic nitrogens is 1. The van der Waals surface area contributed by atoms with E-state index in [1.165, 1.54) is 24.0 Å². The van der Waals surface area contributed by atoms with E-state index < -0.39 is 0 Å². The van der Waals surface area contributed by atoms with Crippen LogP contribution in [0.1, 0.15) is 40.7 Å². The van der Waals surface area contributed by atoms with Crippen LogP contribution in [0.25, 0.3) is 0 Å². The van der Waals surface area contributed by atoms with Crippen LogP contribution in [0.15, 0.2) is 53.9 Å². The second-order valence-electron chi connectivity index (χ2n) is 7.00. The SMILES string of the molecule is COc1ccc(C(NCc2csc(Cc3ccc(Cl)cc3)n2)C2CC2)cc1. The van der Waals surface area contributed by atoms with Crippen molar-refractivity contribution in [2.24, 2.45) is 5.92 Å². The number of hydrogen-bond donors (Lipinski definition) is 1. The Morgan fingerprint density at radius 3 is 2.56 bits per heavy atom. The van der Waals surface area contributed by atoms with Crippen LogP contribution in [-0.2, 0) is 13.0 Å². The van der Waals surface area contributed by atoms with E-state index in [0.29, 0.717) is 6.04 Å². The van der Waals surface area contributed by atoms with Crippen molar-refractivity contribution >= 4 is 22.9 Å². The quantitative estimate of drug-likeness (QED) is 0.533. The average molecular weight is 399 g/mol. The van der Waals surface area contributed by atoms with Gasteiger partial charge in [0.15, 0.2) is 0 Å². The smallest absolute Gasteiger partial charge is 0.118 e. The molecule has 1 aromatic heterocycles. The number of halogens is 1. The summed E-state index contributed by atoms with van der Waals surface area (Å²) in [5, 5.41) is 7.80. The van der Waals surface area contributed by atoms with E-state index in [-0.39, 0.29) is 0 Å². The van der Waals surface area contributed by atoms with Crippen molar-refractivity contribution in [3.8, 4) is 5.75 Å². The number of hydrogen-bond acceptors (Lipinski definition) is 4. The Morgan fingerprint density at radius 1 is 1.15 bits per heavy atom. The Kier molecular flexibility index (Phi) is 5.77.